The molecule has 1 atom stereocenters. The van der Waals surface area contributed by atoms with Crippen LogP contribution in [-0.2, 0) is 4.79 Å². The number of carboxylic acids is 1. The van der Waals surface area contributed by atoms with Crippen LogP contribution in [0.4, 0.5) is 0 Å². The molecule has 98 valence electrons. The summed E-state index contributed by atoms with van der Waals surface area (Å²) in [5.41, 5.74) is 1.78. The van der Waals surface area contributed by atoms with Crippen molar-refractivity contribution in [2.75, 3.05) is 6.61 Å². The number of rotatable bonds is 5. The Balaban J connectivity index is 2.11. The van der Waals surface area contributed by atoms with E-state index in [9.17, 15) is 9.90 Å². The Kier molecular flexibility index (Phi) is 4.13. The Hall–Kier alpha value is -2.36. The van der Waals surface area contributed by atoms with Gasteiger partial charge in [0.1, 0.15) is 18.3 Å². The highest BCUT2D eigenvalue weighted by Gasteiger charge is 2.20. The summed E-state index contributed by atoms with van der Waals surface area (Å²) in [5.74, 6) is -1.00. The minimum atomic E-state index is -0.894. The van der Waals surface area contributed by atoms with Gasteiger partial charge in [-0.25, -0.2) is 0 Å². The topological polar surface area (TPSA) is 59.4 Å². The third-order valence-electron chi connectivity index (χ3n) is 2.79. The van der Waals surface area contributed by atoms with Gasteiger partial charge in [-0.3, -0.25) is 9.78 Å². The number of ether oxygens (including phenoxy) is 1. The molecule has 2 aromatic rings. The lowest BCUT2D eigenvalue weighted by Gasteiger charge is -2.14. The molecule has 1 heterocycles. The van der Waals surface area contributed by atoms with E-state index in [1.54, 1.807) is 30.6 Å². The van der Waals surface area contributed by atoms with Crippen LogP contribution in [0, 0.1) is 6.92 Å². The number of hydrogen-bond donors (Lipinski definition) is 1. The van der Waals surface area contributed by atoms with Gasteiger partial charge >= 0.3 is 5.97 Å². The van der Waals surface area contributed by atoms with Crippen LogP contribution in [0.15, 0.2) is 48.8 Å². The number of benzene rings is 1. The fraction of sp³-hybridized carbons (Fsp3) is 0.200. The van der Waals surface area contributed by atoms with E-state index in [1.807, 2.05) is 25.1 Å². The summed E-state index contributed by atoms with van der Waals surface area (Å²) in [6.45, 7) is 2.02. The van der Waals surface area contributed by atoms with E-state index in [-0.39, 0.29) is 6.61 Å². The maximum atomic E-state index is 11.3. The summed E-state index contributed by atoms with van der Waals surface area (Å²) in [6, 6.07) is 11.0. The Morgan fingerprint density at radius 1 is 1.37 bits per heavy atom. The number of nitrogens with zero attached hydrogens (tertiary/aromatic N) is 1. The summed E-state index contributed by atoms with van der Waals surface area (Å²) in [7, 11) is 0. The first-order valence-electron chi connectivity index (χ1n) is 5.99. The van der Waals surface area contributed by atoms with Crippen LogP contribution in [-0.4, -0.2) is 22.7 Å². The number of carboxylic acid groups (broad SMARTS) is 1. The Morgan fingerprint density at radius 3 is 2.84 bits per heavy atom. The molecular formula is C15H15NO3. The smallest absolute Gasteiger partial charge is 0.314 e. The predicted octanol–water partition coefficient (Wildman–Crippen LogP) is 2.64. The standard InChI is InChI=1S/C15H15NO3/c1-11-4-2-5-12(8-11)14(15(17)18)10-19-13-6-3-7-16-9-13/h2-9,14H,10H2,1H3,(H,17,18). The molecule has 1 N–H and O–H groups in total. The number of pyridine rings is 1. The second-order valence-corrected chi connectivity index (χ2v) is 4.30. The molecule has 0 radical (unpaired) electrons. The molecule has 0 bridgehead atoms. The van der Waals surface area contributed by atoms with Gasteiger partial charge in [0.25, 0.3) is 0 Å². The first kappa shape index (κ1) is 13.1. The maximum absolute atomic E-state index is 11.3. The molecule has 0 saturated heterocycles. The second kappa shape index (κ2) is 6.00. The van der Waals surface area contributed by atoms with Gasteiger partial charge in [-0.15, -0.1) is 0 Å². The normalized spacial score (nSPS) is 11.8. The Bertz CT molecular complexity index is 554. The zero-order valence-electron chi connectivity index (χ0n) is 10.6. The van der Waals surface area contributed by atoms with Crippen molar-refractivity contribution in [1.82, 2.24) is 4.98 Å². The molecular weight excluding hydrogens is 242 g/mol. The average Bonchev–Trinajstić information content (AvgIpc) is 2.40. The molecule has 0 aliphatic rings. The van der Waals surface area contributed by atoms with Crippen molar-refractivity contribution in [3.63, 3.8) is 0 Å². The van der Waals surface area contributed by atoms with Crippen molar-refractivity contribution in [3.05, 3.63) is 59.9 Å². The van der Waals surface area contributed by atoms with E-state index >= 15 is 0 Å². The van der Waals surface area contributed by atoms with Gasteiger partial charge in [-0.2, -0.15) is 0 Å². The molecule has 0 fully saturated rings. The molecule has 1 unspecified atom stereocenters. The zero-order valence-corrected chi connectivity index (χ0v) is 10.6. The van der Waals surface area contributed by atoms with Crippen molar-refractivity contribution >= 4 is 5.97 Å². The molecule has 4 heteroatoms. The van der Waals surface area contributed by atoms with Crippen molar-refractivity contribution < 1.29 is 14.6 Å². The predicted molar refractivity (Wildman–Crippen MR) is 71.3 cm³/mol. The minimum absolute atomic E-state index is 0.0878. The molecule has 1 aromatic heterocycles. The zero-order chi connectivity index (χ0) is 13.7. The van der Waals surface area contributed by atoms with Crippen LogP contribution in [0.2, 0.25) is 0 Å². The highest BCUT2D eigenvalue weighted by molar-refractivity contribution is 5.76. The van der Waals surface area contributed by atoms with Gasteiger partial charge in [0.05, 0.1) is 6.20 Å². The number of aryl methyl sites for hydroxylation is 1. The van der Waals surface area contributed by atoms with Crippen LogP contribution in [0.25, 0.3) is 0 Å². The van der Waals surface area contributed by atoms with Crippen LogP contribution in [0.1, 0.15) is 17.0 Å². The SMILES string of the molecule is Cc1cccc(C(COc2cccnc2)C(=O)O)c1. The van der Waals surface area contributed by atoms with Crippen LogP contribution in [0.3, 0.4) is 0 Å². The third-order valence-corrected chi connectivity index (χ3v) is 2.79. The molecule has 0 spiro atoms. The lowest BCUT2D eigenvalue weighted by molar-refractivity contribution is -0.139. The van der Waals surface area contributed by atoms with Gasteiger partial charge in [0.2, 0.25) is 0 Å². The summed E-state index contributed by atoms with van der Waals surface area (Å²) in [4.78, 5) is 15.3. The molecule has 1 aromatic carbocycles. The Morgan fingerprint density at radius 2 is 2.21 bits per heavy atom. The summed E-state index contributed by atoms with van der Waals surface area (Å²) in [6.07, 6.45) is 3.21. The largest absolute Gasteiger partial charge is 0.491 e. The highest BCUT2D eigenvalue weighted by Crippen LogP contribution is 2.19. The first-order chi connectivity index (χ1) is 9.16. The van der Waals surface area contributed by atoms with E-state index in [4.69, 9.17) is 4.74 Å². The molecule has 2 rings (SSSR count). The maximum Gasteiger partial charge on any atom is 0.314 e. The lowest BCUT2D eigenvalue weighted by Crippen LogP contribution is -2.19. The van der Waals surface area contributed by atoms with Crippen molar-refractivity contribution in [2.24, 2.45) is 0 Å². The summed E-state index contributed by atoms with van der Waals surface area (Å²) < 4.78 is 5.48. The van der Waals surface area contributed by atoms with Crippen LogP contribution in [0.5, 0.6) is 5.75 Å². The lowest BCUT2D eigenvalue weighted by atomic mass is 9.98. The van der Waals surface area contributed by atoms with E-state index < -0.39 is 11.9 Å². The van der Waals surface area contributed by atoms with Gasteiger partial charge < -0.3 is 9.84 Å². The van der Waals surface area contributed by atoms with Crippen LogP contribution >= 0.6 is 0 Å². The number of aromatic nitrogens is 1. The van der Waals surface area contributed by atoms with E-state index in [1.165, 1.54) is 0 Å². The van der Waals surface area contributed by atoms with E-state index in [0.29, 0.717) is 5.75 Å². The van der Waals surface area contributed by atoms with E-state index in [2.05, 4.69) is 4.98 Å². The fourth-order valence-electron chi connectivity index (χ4n) is 1.81. The van der Waals surface area contributed by atoms with Crippen molar-refractivity contribution in [1.29, 1.82) is 0 Å². The first-order valence-corrected chi connectivity index (χ1v) is 5.99. The molecule has 0 amide bonds. The summed E-state index contributed by atoms with van der Waals surface area (Å²) in [5, 5.41) is 9.30. The molecule has 0 aliphatic carbocycles. The summed E-state index contributed by atoms with van der Waals surface area (Å²) >= 11 is 0. The number of carbonyl (C=O) groups is 1. The monoisotopic (exact) mass is 257 g/mol. The van der Waals surface area contributed by atoms with Gasteiger partial charge in [0, 0.05) is 6.20 Å². The third kappa shape index (κ3) is 3.55. The van der Waals surface area contributed by atoms with Gasteiger partial charge in [0.15, 0.2) is 0 Å². The number of aliphatic carboxylic acids is 1. The van der Waals surface area contributed by atoms with Crippen molar-refractivity contribution in [3.8, 4) is 5.75 Å². The van der Waals surface area contributed by atoms with Gasteiger partial charge in [-0.1, -0.05) is 29.8 Å². The van der Waals surface area contributed by atoms with Crippen molar-refractivity contribution in [2.45, 2.75) is 12.8 Å². The van der Waals surface area contributed by atoms with Crippen LogP contribution < -0.4 is 4.74 Å². The minimum Gasteiger partial charge on any atom is -0.491 e. The van der Waals surface area contributed by atoms with Gasteiger partial charge in [-0.05, 0) is 24.6 Å². The van der Waals surface area contributed by atoms with E-state index in [0.717, 1.165) is 11.1 Å². The fourth-order valence-corrected chi connectivity index (χ4v) is 1.81. The molecule has 19 heavy (non-hydrogen) atoms. The second-order valence-electron chi connectivity index (χ2n) is 4.30. The molecule has 4 nitrogen and oxygen atoms in total. The molecule has 0 saturated carbocycles. The quantitative estimate of drug-likeness (QED) is 0.894. The molecule has 0 aliphatic heterocycles. The highest BCUT2D eigenvalue weighted by atomic mass is 16.5. The average molecular weight is 257 g/mol. The number of hydrogen-bond acceptors (Lipinski definition) is 3. The Labute approximate surface area is 111 Å².